The van der Waals surface area contributed by atoms with Crippen LogP contribution in [0, 0.1) is 5.92 Å². The van der Waals surface area contributed by atoms with Crippen LogP contribution in [0.3, 0.4) is 0 Å². The molecule has 1 aromatic heterocycles. The van der Waals surface area contributed by atoms with Crippen molar-refractivity contribution in [3.63, 3.8) is 0 Å². The van der Waals surface area contributed by atoms with Gasteiger partial charge >= 0.3 is 0 Å². The predicted molar refractivity (Wildman–Crippen MR) is 71.8 cm³/mol. The van der Waals surface area contributed by atoms with Crippen molar-refractivity contribution in [2.45, 2.75) is 12.8 Å². The van der Waals surface area contributed by atoms with Crippen molar-refractivity contribution in [2.24, 2.45) is 5.92 Å². The summed E-state index contributed by atoms with van der Waals surface area (Å²) in [7, 11) is 0. The zero-order valence-electron chi connectivity index (χ0n) is 10.7. The van der Waals surface area contributed by atoms with Crippen LogP contribution in [0.25, 0.3) is 11.5 Å². The molecule has 1 N–H and O–H groups in total. The van der Waals surface area contributed by atoms with Crippen LogP contribution >= 0.6 is 0 Å². The number of rotatable bonds is 6. The molecule has 1 aromatic carbocycles. The van der Waals surface area contributed by atoms with E-state index >= 15 is 0 Å². The van der Waals surface area contributed by atoms with Gasteiger partial charge in [-0.3, -0.25) is 0 Å². The van der Waals surface area contributed by atoms with Crippen LogP contribution < -0.4 is 4.90 Å². The first-order chi connectivity index (χ1) is 9.36. The highest BCUT2D eigenvalue weighted by Gasteiger charge is 2.26. The molecule has 0 aliphatic heterocycles. The monoisotopic (exact) mass is 259 g/mol. The molecule has 1 heterocycles. The average Bonchev–Trinajstić information content (AvgIpc) is 3.13. The van der Waals surface area contributed by atoms with Crippen LogP contribution in [0.5, 0.6) is 0 Å². The summed E-state index contributed by atoms with van der Waals surface area (Å²) < 4.78 is 5.30. The summed E-state index contributed by atoms with van der Waals surface area (Å²) in [4.78, 5) is 6.41. The highest BCUT2D eigenvalue weighted by Crippen LogP contribution is 2.31. The molecule has 2 aromatic rings. The molecule has 5 heteroatoms. The van der Waals surface area contributed by atoms with Crippen molar-refractivity contribution in [3.05, 3.63) is 30.3 Å². The second kappa shape index (κ2) is 5.40. The van der Waals surface area contributed by atoms with Crippen LogP contribution in [-0.4, -0.2) is 34.9 Å². The van der Waals surface area contributed by atoms with Crippen molar-refractivity contribution >= 4 is 5.95 Å². The van der Waals surface area contributed by atoms with Gasteiger partial charge in [0.15, 0.2) is 0 Å². The van der Waals surface area contributed by atoms with Gasteiger partial charge in [0.05, 0.1) is 6.61 Å². The van der Waals surface area contributed by atoms with Crippen LogP contribution in [-0.2, 0) is 0 Å². The zero-order valence-corrected chi connectivity index (χ0v) is 10.7. The molecule has 0 unspecified atom stereocenters. The molecule has 0 radical (unpaired) electrons. The number of benzene rings is 1. The van der Waals surface area contributed by atoms with Crippen molar-refractivity contribution < 1.29 is 9.63 Å². The molecule has 0 atom stereocenters. The number of aliphatic hydroxyl groups is 1. The van der Waals surface area contributed by atoms with E-state index in [1.807, 2.05) is 35.2 Å². The minimum Gasteiger partial charge on any atom is -0.395 e. The van der Waals surface area contributed by atoms with Crippen molar-refractivity contribution in [1.29, 1.82) is 0 Å². The van der Waals surface area contributed by atoms with Crippen LogP contribution in [0.4, 0.5) is 5.95 Å². The Morgan fingerprint density at radius 2 is 2.05 bits per heavy atom. The van der Waals surface area contributed by atoms with Gasteiger partial charge in [0, 0.05) is 18.7 Å². The number of aromatic nitrogens is 2. The van der Waals surface area contributed by atoms with E-state index in [0.717, 1.165) is 12.1 Å². The Morgan fingerprint density at radius 1 is 1.26 bits per heavy atom. The summed E-state index contributed by atoms with van der Waals surface area (Å²) in [5, 5.41) is 13.1. The fourth-order valence-electron chi connectivity index (χ4n) is 2.05. The van der Waals surface area contributed by atoms with E-state index in [1.54, 1.807) is 0 Å². The predicted octanol–water partition coefficient (Wildman–Crippen LogP) is 1.95. The largest absolute Gasteiger partial charge is 0.395 e. The molecule has 0 amide bonds. The second-order valence-electron chi connectivity index (χ2n) is 4.88. The van der Waals surface area contributed by atoms with E-state index in [9.17, 15) is 0 Å². The number of anilines is 1. The Morgan fingerprint density at radius 3 is 2.74 bits per heavy atom. The number of nitrogens with zero attached hydrogens (tertiary/aromatic N) is 3. The minimum atomic E-state index is 0.0991. The third-order valence-corrected chi connectivity index (χ3v) is 3.26. The van der Waals surface area contributed by atoms with Crippen LogP contribution in [0.15, 0.2) is 34.9 Å². The quantitative estimate of drug-likeness (QED) is 0.859. The molecule has 1 aliphatic rings. The maximum atomic E-state index is 9.13. The normalized spacial score (nSPS) is 14.6. The SMILES string of the molecule is OCCN(CC1CC1)c1noc(-c2ccccc2)n1. The average molecular weight is 259 g/mol. The number of aliphatic hydroxyl groups excluding tert-OH is 1. The summed E-state index contributed by atoms with van der Waals surface area (Å²) in [5.74, 6) is 1.80. The fourth-order valence-corrected chi connectivity index (χ4v) is 2.05. The van der Waals surface area contributed by atoms with Gasteiger partial charge < -0.3 is 14.5 Å². The highest BCUT2D eigenvalue weighted by molar-refractivity contribution is 5.54. The fraction of sp³-hybridized carbons (Fsp3) is 0.429. The maximum Gasteiger partial charge on any atom is 0.266 e. The summed E-state index contributed by atoms with van der Waals surface area (Å²) >= 11 is 0. The lowest BCUT2D eigenvalue weighted by molar-refractivity contribution is 0.300. The Hall–Kier alpha value is -1.88. The van der Waals surface area contributed by atoms with E-state index in [-0.39, 0.29) is 6.61 Å². The van der Waals surface area contributed by atoms with Gasteiger partial charge in [-0.2, -0.15) is 4.98 Å². The molecule has 100 valence electrons. The topological polar surface area (TPSA) is 62.4 Å². The first-order valence-corrected chi connectivity index (χ1v) is 6.62. The highest BCUT2D eigenvalue weighted by atomic mass is 16.5. The Labute approximate surface area is 111 Å². The lowest BCUT2D eigenvalue weighted by Gasteiger charge is -2.18. The van der Waals surface area contributed by atoms with E-state index in [2.05, 4.69) is 10.1 Å². The van der Waals surface area contributed by atoms with E-state index in [0.29, 0.717) is 24.3 Å². The summed E-state index contributed by atoms with van der Waals surface area (Å²) in [6.45, 7) is 1.54. The van der Waals surface area contributed by atoms with Crippen molar-refractivity contribution in [1.82, 2.24) is 10.1 Å². The standard InChI is InChI=1S/C14H17N3O2/c18-9-8-17(10-11-6-7-11)14-15-13(19-16-14)12-4-2-1-3-5-12/h1-5,11,18H,6-10H2. The Bertz CT molecular complexity index is 522. The molecule has 0 saturated heterocycles. The third-order valence-electron chi connectivity index (χ3n) is 3.26. The van der Waals surface area contributed by atoms with Crippen molar-refractivity contribution in [3.8, 4) is 11.5 Å². The maximum absolute atomic E-state index is 9.13. The first-order valence-electron chi connectivity index (χ1n) is 6.62. The second-order valence-corrected chi connectivity index (χ2v) is 4.88. The molecule has 5 nitrogen and oxygen atoms in total. The lowest BCUT2D eigenvalue weighted by atomic mass is 10.2. The van der Waals surface area contributed by atoms with Crippen LogP contribution in [0.2, 0.25) is 0 Å². The molecular weight excluding hydrogens is 242 g/mol. The van der Waals surface area contributed by atoms with Gasteiger partial charge in [0.25, 0.3) is 11.8 Å². The Kier molecular flexibility index (Phi) is 3.46. The van der Waals surface area contributed by atoms with Gasteiger partial charge in [-0.1, -0.05) is 18.2 Å². The summed E-state index contributed by atoms with van der Waals surface area (Å²) in [6.07, 6.45) is 2.51. The van der Waals surface area contributed by atoms with Crippen molar-refractivity contribution in [2.75, 3.05) is 24.6 Å². The molecule has 0 spiro atoms. The molecule has 1 aliphatic carbocycles. The molecule has 1 saturated carbocycles. The first kappa shape index (κ1) is 12.2. The Balaban J connectivity index is 1.78. The van der Waals surface area contributed by atoms with Crippen LogP contribution in [0.1, 0.15) is 12.8 Å². The van der Waals surface area contributed by atoms with E-state index < -0.39 is 0 Å². The molecule has 19 heavy (non-hydrogen) atoms. The smallest absolute Gasteiger partial charge is 0.266 e. The van der Waals surface area contributed by atoms with Gasteiger partial charge in [-0.25, -0.2) is 0 Å². The lowest BCUT2D eigenvalue weighted by Crippen LogP contribution is -2.29. The van der Waals surface area contributed by atoms with E-state index in [4.69, 9.17) is 9.63 Å². The molecule has 1 fully saturated rings. The summed E-state index contributed by atoms with van der Waals surface area (Å²) in [6, 6.07) is 9.71. The van der Waals surface area contributed by atoms with E-state index in [1.165, 1.54) is 12.8 Å². The molecule has 0 bridgehead atoms. The van der Waals surface area contributed by atoms with Gasteiger partial charge in [0.2, 0.25) is 0 Å². The zero-order chi connectivity index (χ0) is 13.1. The van der Waals surface area contributed by atoms with Gasteiger partial charge in [-0.05, 0) is 36.0 Å². The van der Waals surface area contributed by atoms with Gasteiger partial charge in [0.1, 0.15) is 0 Å². The van der Waals surface area contributed by atoms with Gasteiger partial charge in [-0.15, -0.1) is 0 Å². The number of hydrogen-bond donors (Lipinski definition) is 1. The summed E-state index contributed by atoms with van der Waals surface area (Å²) in [5.41, 5.74) is 0.914. The number of hydrogen-bond acceptors (Lipinski definition) is 5. The molecular formula is C14H17N3O2. The molecule has 3 rings (SSSR count). The minimum absolute atomic E-state index is 0.0991. The third kappa shape index (κ3) is 2.93.